The minimum atomic E-state index is -2.72. The second kappa shape index (κ2) is 7.86. The molecule has 6 rings (SSSR count). The molecule has 3 atom stereocenters. The maximum absolute atomic E-state index is 13.7. The zero-order valence-electron chi connectivity index (χ0n) is 17.5. The summed E-state index contributed by atoms with van der Waals surface area (Å²) >= 11 is 9.75. The van der Waals surface area contributed by atoms with Crippen molar-refractivity contribution in [3.63, 3.8) is 0 Å². The second-order valence-electron chi connectivity index (χ2n) is 10.1. The first-order valence-corrected chi connectivity index (χ1v) is 12.9. The van der Waals surface area contributed by atoms with Crippen LogP contribution in [0.4, 0.5) is 5.69 Å². The number of hydrogen-bond donors (Lipinski definition) is 2. The van der Waals surface area contributed by atoms with Gasteiger partial charge >= 0.3 is 0 Å². The van der Waals surface area contributed by atoms with Gasteiger partial charge in [-0.05, 0) is 81.3 Å². The molecule has 4 bridgehead atoms. The molecular formula is C22H26Cl2N3O4S-. The molecule has 3 unspecified atom stereocenters. The van der Waals surface area contributed by atoms with Crippen LogP contribution in [0.5, 0.6) is 0 Å². The molecule has 0 aliphatic heterocycles. The van der Waals surface area contributed by atoms with Crippen molar-refractivity contribution in [2.45, 2.75) is 62.9 Å². The van der Waals surface area contributed by atoms with Crippen molar-refractivity contribution in [3.05, 3.63) is 28.2 Å². The van der Waals surface area contributed by atoms with E-state index in [1.807, 2.05) is 0 Å². The van der Waals surface area contributed by atoms with Crippen LogP contribution in [-0.4, -0.2) is 32.2 Å². The van der Waals surface area contributed by atoms with E-state index >= 15 is 0 Å². The molecule has 5 aliphatic carbocycles. The van der Waals surface area contributed by atoms with Crippen molar-refractivity contribution >= 4 is 52.0 Å². The predicted molar refractivity (Wildman–Crippen MR) is 122 cm³/mol. The van der Waals surface area contributed by atoms with Gasteiger partial charge in [0.25, 0.3) is 0 Å². The van der Waals surface area contributed by atoms with Crippen LogP contribution >= 0.6 is 23.2 Å². The first-order valence-electron chi connectivity index (χ1n) is 11.1. The summed E-state index contributed by atoms with van der Waals surface area (Å²) in [6, 6.07) is 4.70. The summed E-state index contributed by atoms with van der Waals surface area (Å²) in [5.74, 6) is 0.337. The molecule has 5 aliphatic rings. The van der Waals surface area contributed by atoms with Crippen molar-refractivity contribution in [1.82, 2.24) is 5.32 Å². The SMILES string of the molecule is NC(=O)C12CC3CC(C1)C(NC(=O)C1(N(c4cccc(Cl)c4Cl)S(=O)[O-])CCC1)C(C3)C2. The zero-order valence-corrected chi connectivity index (χ0v) is 19.8. The summed E-state index contributed by atoms with van der Waals surface area (Å²) < 4.78 is 25.8. The molecule has 10 heteroatoms. The van der Waals surface area contributed by atoms with E-state index in [1.165, 1.54) is 0 Å². The first kappa shape index (κ1) is 22.4. The number of carbonyl (C=O) groups is 2. The van der Waals surface area contributed by atoms with Crippen LogP contribution < -0.4 is 15.4 Å². The van der Waals surface area contributed by atoms with Gasteiger partial charge in [-0.1, -0.05) is 29.3 Å². The van der Waals surface area contributed by atoms with E-state index in [0.717, 1.165) is 30.0 Å². The van der Waals surface area contributed by atoms with Crippen molar-refractivity contribution in [1.29, 1.82) is 0 Å². The molecule has 0 spiro atoms. The number of nitrogens with two attached hydrogens (primary N) is 1. The standard InChI is InChI=1S/C22H27Cl2N3O4S/c23-15-3-1-4-16(17(15)24)27(32(30)31)22(5-2-6-22)20(29)26-18-13-7-12-8-14(18)11-21(9-12,10-13)19(25)28/h1,3-4,12-14,18H,2,5-11H2,(H2,25,28)(H,26,29)(H,30,31)/p-1. The van der Waals surface area contributed by atoms with E-state index < -0.39 is 22.2 Å². The number of halogens is 2. The van der Waals surface area contributed by atoms with E-state index in [0.29, 0.717) is 31.6 Å². The number of hydrogen-bond acceptors (Lipinski definition) is 4. The van der Waals surface area contributed by atoms with Crippen LogP contribution in [0.25, 0.3) is 0 Å². The van der Waals surface area contributed by atoms with E-state index in [2.05, 4.69) is 5.32 Å². The van der Waals surface area contributed by atoms with Gasteiger partial charge < -0.3 is 15.6 Å². The van der Waals surface area contributed by atoms with Crippen LogP contribution in [0.3, 0.4) is 0 Å². The molecule has 0 radical (unpaired) electrons. The summed E-state index contributed by atoms with van der Waals surface area (Å²) in [6.07, 6.45) is 5.76. The van der Waals surface area contributed by atoms with Crippen LogP contribution in [0, 0.1) is 23.2 Å². The fourth-order valence-electron chi connectivity index (χ4n) is 6.98. The third kappa shape index (κ3) is 3.29. The Labute approximate surface area is 199 Å². The van der Waals surface area contributed by atoms with Crippen LogP contribution in [0.15, 0.2) is 18.2 Å². The van der Waals surface area contributed by atoms with Crippen LogP contribution in [0.1, 0.15) is 51.4 Å². The molecule has 7 nitrogen and oxygen atoms in total. The van der Waals surface area contributed by atoms with E-state index in [9.17, 15) is 18.4 Å². The number of anilines is 1. The van der Waals surface area contributed by atoms with Crippen molar-refractivity contribution in [2.75, 3.05) is 4.31 Å². The quantitative estimate of drug-likeness (QED) is 0.585. The fourth-order valence-corrected chi connectivity index (χ4v) is 8.28. The topological polar surface area (TPSA) is 116 Å². The highest BCUT2D eigenvalue weighted by atomic mass is 35.5. The average molecular weight is 499 g/mol. The lowest BCUT2D eigenvalue weighted by Crippen LogP contribution is -2.68. The molecule has 0 saturated heterocycles. The minimum absolute atomic E-state index is 0.0687. The Morgan fingerprint density at radius 3 is 2.34 bits per heavy atom. The molecule has 0 heterocycles. The fraction of sp³-hybridized carbons (Fsp3) is 0.636. The molecule has 5 fully saturated rings. The Balaban J connectivity index is 1.43. The van der Waals surface area contributed by atoms with E-state index in [1.54, 1.807) is 18.2 Å². The largest absolute Gasteiger partial charge is 0.755 e. The molecule has 0 aromatic heterocycles. The lowest BCUT2D eigenvalue weighted by molar-refractivity contribution is -0.148. The van der Waals surface area contributed by atoms with Gasteiger partial charge in [0.05, 0.1) is 15.7 Å². The smallest absolute Gasteiger partial charge is 0.247 e. The van der Waals surface area contributed by atoms with Gasteiger partial charge in [-0.3, -0.25) is 18.1 Å². The predicted octanol–water partition coefficient (Wildman–Crippen LogP) is 3.31. The Morgan fingerprint density at radius 1 is 1.16 bits per heavy atom. The van der Waals surface area contributed by atoms with Gasteiger partial charge in [-0.15, -0.1) is 0 Å². The maximum atomic E-state index is 13.7. The van der Waals surface area contributed by atoms with Crippen molar-refractivity contribution < 1.29 is 18.4 Å². The minimum Gasteiger partial charge on any atom is -0.755 e. The Kier molecular flexibility index (Phi) is 5.51. The number of amides is 2. The normalized spacial score (nSPS) is 35.1. The molecule has 1 aromatic rings. The molecule has 1 aromatic carbocycles. The molecule has 174 valence electrons. The number of carbonyl (C=O) groups excluding carboxylic acids is 2. The molecule has 32 heavy (non-hydrogen) atoms. The van der Waals surface area contributed by atoms with Gasteiger partial charge in [0.1, 0.15) is 5.54 Å². The third-order valence-corrected chi connectivity index (χ3v) is 10.0. The third-order valence-electron chi connectivity index (χ3n) is 8.38. The number of primary amides is 1. The monoisotopic (exact) mass is 498 g/mol. The lowest BCUT2D eigenvalue weighted by Gasteiger charge is -2.59. The van der Waals surface area contributed by atoms with Gasteiger partial charge in [0, 0.05) is 22.7 Å². The van der Waals surface area contributed by atoms with Crippen LogP contribution in [0.2, 0.25) is 10.0 Å². The zero-order chi connectivity index (χ0) is 22.8. The number of benzene rings is 1. The summed E-state index contributed by atoms with van der Waals surface area (Å²) in [5.41, 5.74) is 4.32. The highest BCUT2D eigenvalue weighted by molar-refractivity contribution is 7.80. The number of rotatable bonds is 6. The number of nitrogens with zero attached hydrogens (tertiary/aromatic N) is 1. The van der Waals surface area contributed by atoms with E-state index in [4.69, 9.17) is 28.9 Å². The summed E-state index contributed by atoms with van der Waals surface area (Å²) in [4.78, 5) is 25.9. The molecule has 2 amide bonds. The average Bonchev–Trinajstić information content (AvgIpc) is 2.69. The van der Waals surface area contributed by atoms with E-state index in [-0.39, 0.29) is 45.4 Å². The summed E-state index contributed by atoms with van der Waals surface area (Å²) in [5, 5.41) is 3.55. The van der Waals surface area contributed by atoms with Gasteiger partial charge in [-0.2, -0.15) is 0 Å². The van der Waals surface area contributed by atoms with Crippen molar-refractivity contribution in [2.24, 2.45) is 28.9 Å². The molecular weight excluding hydrogens is 473 g/mol. The van der Waals surface area contributed by atoms with Gasteiger partial charge in [0.15, 0.2) is 0 Å². The number of nitrogens with one attached hydrogen (secondary N) is 1. The second-order valence-corrected chi connectivity index (χ2v) is 11.7. The Bertz CT molecular complexity index is 985. The van der Waals surface area contributed by atoms with Gasteiger partial charge in [0.2, 0.25) is 11.8 Å². The highest BCUT2D eigenvalue weighted by Gasteiger charge is 2.59. The lowest BCUT2D eigenvalue weighted by atomic mass is 9.47. The molecule has 5 saturated carbocycles. The van der Waals surface area contributed by atoms with Crippen LogP contribution in [-0.2, 0) is 20.9 Å². The Hall–Kier alpha value is -1.35. The summed E-state index contributed by atoms with van der Waals surface area (Å²) in [6.45, 7) is 0. The van der Waals surface area contributed by atoms with Gasteiger partial charge in [-0.25, -0.2) is 0 Å². The highest BCUT2D eigenvalue weighted by Crippen LogP contribution is 2.60. The first-order chi connectivity index (χ1) is 15.2. The maximum Gasteiger partial charge on any atom is 0.247 e. The summed E-state index contributed by atoms with van der Waals surface area (Å²) in [7, 11) is 0. The molecule has 3 N–H and O–H groups in total. The van der Waals surface area contributed by atoms with Crippen molar-refractivity contribution in [3.8, 4) is 0 Å². The Morgan fingerprint density at radius 2 is 1.81 bits per heavy atom.